The summed E-state index contributed by atoms with van der Waals surface area (Å²) in [7, 11) is 0. The van der Waals surface area contributed by atoms with Gasteiger partial charge < -0.3 is 9.80 Å². The smallest absolute Gasteiger partial charge is 0.261 e. The first-order chi connectivity index (χ1) is 17.6. The van der Waals surface area contributed by atoms with Crippen molar-refractivity contribution in [2.45, 2.75) is 6.54 Å². The summed E-state index contributed by atoms with van der Waals surface area (Å²) >= 11 is 0. The number of carbonyl (C=O) groups is 3. The predicted molar refractivity (Wildman–Crippen MR) is 135 cm³/mol. The van der Waals surface area contributed by atoms with E-state index in [0.717, 1.165) is 16.7 Å². The van der Waals surface area contributed by atoms with E-state index < -0.39 is 5.91 Å². The van der Waals surface area contributed by atoms with E-state index in [1.807, 2.05) is 36.4 Å². The fourth-order valence-electron chi connectivity index (χ4n) is 4.77. The van der Waals surface area contributed by atoms with Crippen molar-refractivity contribution in [2.75, 3.05) is 31.1 Å². The Morgan fingerprint density at radius 3 is 2.39 bits per heavy atom. The maximum atomic E-state index is 13.3. The van der Waals surface area contributed by atoms with Gasteiger partial charge in [0.2, 0.25) is 0 Å². The summed E-state index contributed by atoms with van der Waals surface area (Å²) in [5.41, 5.74) is 2.57. The van der Waals surface area contributed by atoms with Crippen molar-refractivity contribution in [1.29, 1.82) is 0 Å². The van der Waals surface area contributed by atoms with Crippen LogP contribution in [0.2, 0.25) is 0 Å². The minimum absolute atomic E-state index is 0.0984. The van der Waals surface area contributed by atoms with Crippen LogP contribution in [0.1, 0.15) is 36.8 Å². The second-order valence-corrected chi connectivity index (χ2v) is 8.92. The minimum Gasteiger partial charge on any atom is -0.353 e. The van der Waals surface area contributed by atoms with Crippen molar-refractivity contribution in [3.63, 3.8) is 0 Å². The zero-order valence-corrected chi connectivity index (χ0v) is 19.5. The van der Waals surface area contributed by atoms with Crippen molar-refractivity contribution >= 4 is 34.4 Å². The van der Waals surface area contributed by atoms with Crippen molar-refractivity contribution in [2.24, 2.45) is 0 Å². The maximum Gasteiger partial charge on any atom is 0.261 e. The van der Waals surface area contributed by atoms with Crippen LogP contribution in [0.5, 0.6) is 0 Å². The molecule has 2 aliphatic rings. The molecular weight excluding hydrogens is 454 g/mol. The van der Waals surface area contributed by atoms with E-state index in [4.69, 9.17) is 4.98 Å². The highest BCUT2D eigenvalue weighted by atomic mass is 16.2. The molecule has 0 aliphatic carbocycles. The molecule has 1 saturated heterocycles. The minimum atomic E-state index is -0.400. The number of benzene rings is 2. The van der Waals surface area contributed by atoms with Gasteiger partial charge in [-0.15, -0.1) is 0 Å². The lowest BCUT2D eigenvalue weighted by molar-refractivity contribution is 0.0640. The van der Waals surface area contributed by atoms with Crippen molar-refractivity contribution in [3.05, 3.63) is 101 Å². The molecular formula is C28H23N5O3. The molecule has 0 unspecified atom stereocenters. The summed E-state index contributed by atoms with van der Waals surface area (Å²) in [5, 5.41) is 1.10. The zero-order chi connectivity index (χ0) is 24.6. The van der Waals surface area contributed by atoms with Crippen LogP contribution in [0.15, 0.2) is 79.0 Å². The number of carbonyl (C=O) groups excluding carboxylic acids is 3. The van der Waals surface area contributed by atoms with Gasteiger partial charge in [-0.3, -0.25) is 24.3 Å². The predicted octanol–water partition coefficient (Wildman–Crippen LogP) is 3.39. The third-order valence-electron chi connectivity index (χ3n) is 6.74. The summed E-state index contributed by atoms with van der Waals surface area (Å²) in [4.78, 5) is 53.2. The number of amides is 3. The van der Waals surface area contributed by atoms with Crippen LogP contribution in [0, 0.1) is 0 Å². The van der Waals surface area contributed by atoms with Gasteiger partial charge in [0, 0.05) is 43.3 Å². The quantitative estimate of drug-likeness (QED) is 0.419. The van der Waals surface area contributed by atoms with Gasteiger partial charge in [-0.25, -0.2) is 4.98 Å². The van der Waals surface area contributed by atoms with Crippen LogP contribution in [0.25, 0.3) is 10.9 Å². The molecule has 1 fully saturated rings. The number of rotatable bonds is 4. The van der Waals surface area contributed by atoms with E-state index >= 15 is 0 Å². The molecule has 0 spiro atoms. The SMILES string of the molecule is O=C(c1ccc2c(c1)C(=O)N(Cc1ccccn1)C2=O)N1CCN(c2ccc3ccccc3n2)CC1. The first-order valence-electron chi connectivity index (χ1n) is 11.9. The number of para-hydroxylation sites is 1. The molecule has 8 nitrogen and oxygen atoms in total. The van der Waals surface area contributed by atoms with Crippen LogP contribution in [0.4, 0.5) is 5.82 Å². The molecule has 178 valence electrons. The lowest BCUT2D eigenvalue weighted by Crippen LogP contribution is -2.49. The zero-order valence-electron chi connectivity index (χ0n) is 19.5. The molecule has 4 heterocycles. The van der Waals surface area contributed by atoms with Crippen molar-refractivity contribution in [1.82, 2.24) is 19.8 Å². The third-order valence-corrected chi connectivity index (χ3v) is 6.74. The number of imide groups is 1. The highest BCUT2D eigenvalue weighted by Gasteiger charge is 2.36. The molecule has 36 heavy (non-hydrogen) atoms. The number of fused-ring (bicyclic) bond motifs is 2. The largest absolute Gasteiger partial charge is 0.353 e. The van der Waals surface area contributed by atoms with Crippen molar-refractivity contribution in [3.8, 4) is 0 Å². The molecule has 0 atom stereocenters. The third kappa shape index (κ3) is 3.86. The molecule has 0 saturated carbocycles. The van der Waals surface area contributed by atoms with Gasteiger partial charge in [0.25, 0.3) is 17.7 Å². The van der Waals surface area contributed by atoms with Gasteiger partial charge in [-0.05, 0) is 48.5 Å². The topological polar surface area (TPSA) is 86.7 Å². The Bertz CT molecular complexity index is 1500. The van der Waals surface area contributed by atoms with Crippen LogP contribution in [0.3, 0.4) is 0 Å². The monoisotopic (exact) mass is 477 g/mol. The van der Waals surface area contributed by atoms with E-state index in [2.05, 4.69) is 16.0 Å². The number of hydrogen-bond donors (Lipinski definition) is 0. The summed E-state index contributed by atoms with van der Waals surface area (Å²) < 4.78 is 0. The molecule has 8 heteroatoms. The number of anilines is 1. The summed E-state index contributed by atoms with van der Waals surface area (Å²) in [6.07, 6.45) is 1.63. The second kappa shape index (κ2) is 8.88. The van der Waals surface area contributed by atoms with Gasteiger partial charge in [-0.1, -0.05) is 24.3 Å². The standard InChI is InChI=1S/C28H23N5O3/c34-26(32-15-13-31(14-16-32)25-11-9-19-5-1-2-7-24(19)30-25)20-8-10-22-23(17-20)28(36)33(27(22)35)18-21-6-3-4-12-29-21/h1-12,17H,13-16,18H2. The molecule has 2 aromatic carbocycles. The summed E-state index contributed by atoms with van der Waals surface area (Å²) in [6.45, 7) is 2.52. The number of piperazine rings is 1. The van der Waals surface area contributed by atoms with Crippen molar-refractivity contribution < 1.29 is 14.4 Å². The first-order valence-corrected chi connectivity index (χ1v) is 11.9. The Morgan fingerprint density at radius 1 is 0.806 bits per heavy atom. The fourth-order valence-corrected chi connectivity index (χ4v) is 4.77. The van der Waals surface area contributed by atoms with Gasteiger partial charge in [0.05, 0.1) is 28.9 Å². The highest BCUT2D eigenvalue weighted by molar-refractivity contribution is 6.22. The van der Waals surface area contributed by atoms with Gasteiger partial charge in [0.15, 0.2) is 0 Å². The van der Waals surface area contributed by atoms with Crippen LogP contribution in [-0.2, 0) is 6.54 Å². The van der Waals surface area contributed by atoms with Gasteiger partial charge in [-0.2, -0.15) is 0 Å². The Morgan fingerprint density at radius 2 is 1.58 bits per heavy atom. The van der Waals surface area contributed by atoms with Gasteiger partial charge in [0.1, 0.15) is 5.82 Å². The van der Waals surface area contributed by atoms with Crippen LogP contribution >= 0.6 is 0 Å². The molecule has 6 rings (SSSR count). The number of hydrogen-bond acceptors (Lipinski definition) is 6. The first kappa shape index (κ1) is 21.9. The Kier molecular flexibility index (Phi) is 5.41. The number of nitrogens with zero attached hydrogens (tertiary/aromatic N) is 5. The summed E-state index contributed by atoms with van der Waals surface area (Å²) in [5.74, 6) is -0.0126. The molecule has 0 N–H and O–H groups in total. The van der Waals surface area contributed by atoms with E-state index in [1.165, 1.54) is 4.90 Å². The van der Waals surface area contributed by atoms with E-state index in [0.29, 0.717) is 43.0 Å². The molecule has 0 bridgehead atoms. The van der Waals surface area contributed by atoms with Gasteiger partial charge >= 0.3 is 0 Å². The molecule has 2 aliphatic heterocycles. The molecule has 2 aromatic heterocycles. The molecule has 0 radical (unpaired) electrons. The number of aromatic nitrogens is 2. The summed E-state index contributed by atoms with van der Waals surface area (Å²) in [6, 6.07) is 22.2. The van der Waals surface area contributed by atoms with Crippen LogP contribution < -0.4 is 4.90 Å². The fraction of sp³-hybridized carbons (Fsp3) is 0.179. The molecule has 4 aromatic rings. The Labute approximate surface area is 207 Å². The molecule has 3 amide bonds. The average Bonchev–Trinajstić information content (AvgIpc) is 3.17. The lowest BCUT2D eigenvalue weighted by Gasteiger charge is -2.35. The lowest BCUT2D eigenvalue weighted by atomic mass is 10.0. The average molecular weight is 478 g/mol. The highest BCUT2D eigenvalue weighted by Crippen LogP contribution is 2.26. The Hall–Kier alpha value is -4.59. The Balaban J connectivity index is 1.15. The maximum absolute atomic E-state index is 13.3. The van der Waals surface area contributed by atoms with E-state index in [-0.39, 0.29) is 23.9 Å². The van der Waals surface area contributed by atoms with E-state index in [9.17, 15) is 14.4 Å². The second-order valence-electron chi connectivity index (χ2n) is 8.92. The van der Waals surface area contributed by atoms with Crippen LogP contribution in [-0.4, -0.2) is 63.7 Å². The number of pyridine rings is 2. The normalized spacial score (nSPS) is 15.5. The van der Waals surface area contributed by atoms with E-state index in [1.54, 1.807) is 41.4 Å².